The number of hydrogen-bond donors (Lipinski definition) is 3. The first-order chi connectivity index (χ1) is 17.5. The number of benzene rings is 3. The van der Waals surface area contributed by atoms with Crippen LogP contribution in [0.4, 0.5) is 4.79 Å². The molecule has 8 nitrogen and oxygen atoms in total. The van der Waals surface area contributed by atoms with E-state index in [0.717, 1.165) is 22.0 Å². The van der Waals surface area contributed by atoms with E-state index in [1.807, 2.05) is 59.3 Å². The van der Waals surface area contributed by atoms with Gasteiger partial charge in [0.2, 0.25) is 0 Å². The van der Waals surface area contributed by atoms with Crippen molar-refractivity contribution in [3.05, 3.63) is 89.6 Å². The van der Waals surface area contributed by atoms with Gasteiger partial charge in [0.1, 0.15) is 30.3 Å². The van der Waals surface area contributed by atoms with Crippen LogP contribution in [0.25, 0.3) is 16.6 Å². The van der Waals surface area contributed by atoms with E-state index in [1.165, 1.54) is 12.1 Å². The Kier molecular flexibility index (Phi) is 7.42. The van der Waals surface area contributed by atoms with E-state index in [-0.39, 0.29) is 31.1 Å². The molecule has 8 heteroatoms. The lowest BCUT2D eigenvalue weighted by Crippen LogP contribution is -2.28. The van der Waals surface area contributed by atoms with Crippen LogP contribution < -0.4 is 10.1 Å². The number of carboxylic acid groups (broad SMARTS) is 1. The van der Waals surface area contributed by atoms with Crippen molar-refractivity contribution in [2.75, 3.05) is 13.2 Å². The maximum atomic E-state index is 11.9. The van der Waals surface area contributed by atoms with Crippen LogP contribution in [-0.2, 0) is 11.3 Å². The summed E-state index contributed by atoms with van der Waals surface area (Å²) in [5, 5.41) is 22.9. The first-order valence-corrected chi connectivity index (χ1v) is 11.2. The second-order valence-corrected chi connectivity index (χ2v) is 7.81. The number of hydrogen-bond acceptors (Lipinski definition) is 5. The van der Waals surface area contributed by atoms with E-state index in [9.17, 15) is 19.8 Å². The summed E-state index contributed by atoms with van der Waals surface area (Å²) in [6.45, 7) is 2.41. The van der Waals surface area contributed by atoms with Gasteiger partial charge in [-0.3, -0.25) is 0 Å². The molecule has 36 heavy (non-hydrogen) atoms. The van der Waals surface area contributed by atoms with Crippen LogP contribution in [0, 0.1) is 11.8 Å². The molecule has 0 unspecified atom stereocenters. The molecular weight excluding hydrogens is 460 g/mol. The molecule has 1 aromatic heterocycles. The number of aromatic hydroxyl groups is 1. The molecule has 0 bridgehead atoms. The Bertz CT molecular complexity index is 1460. The molecule has 1 heterocycles. The highest BCUT2D eigenvalue weighted by Gasteiger charge is 2.14. The number of carbonyl (C=O) groups excluding carboxylic acids is 1. The number of ether oxygens (including phenoxy) is 2. The molecule has 0 aliphatic rings. The van der Waals surface area contributed by atoms with Gasteiger partial charge in [-0.05, 0) is 36.8 Å². The number of phenols is 1. The average molecular weight is 485 g/mol. The molecule has 0 fully saturated rings. The molecule has 3 aromatic carbocycles. The number of alkyl carbamates (subject to hydrolysis) is 1. The van der Waals surface area contributed by atoms with E-state index in [2.05, 4.69) is 17.2 Å². The number of nitrogens with zero attached hydrogens (tertiary/aromatic N) is 1. The summed E-state index contributed by atoms with van der Waals surface area (Å²) < 4.78 is 12.8. The fraction of sp³-hybridized carbons (Fsp3) is 0.143. The van der Waals surface area contributed by atoms with Gasteiger partial charge in [0.25, 0.3) is 0 Å². The summed E-state index contributed by atoms with van der Waals surface area (Å²) >= 11 is 0. The first-order valence-electron chi connectivity index (χ1n) is 11.2. The number of carboxylic acids is 1. The van der Waals surface area contributed by atoms with Crippen LogP contribution >= 0.6 is 0 Å². The lowest BCUT2D eigenvalue weighted by Gasteiger charge is -2.10. The number of fused-ring (bicyclic) bond motifs is 1. The van der Waals surface area contributed by atoms with Gasteiger partial charge < -0.3 is 29.6 Å². The van der Waals surface area contributed by atoms with Crippen molar-refractivity contribution in [3.63, 3.8) is 0 Å². The fourth-order valence-electron chi connectivity index (χ4n) is 3.69. The maximum absolute atomic E-state index is 11.9. The molecule has 1 amide bonds. The predicted octanol–water partition coefficient (Wildman–Crippen LogP) is 4.71. The summed E-state index contributed by atoms with van der Waals surface area (Å²) in [7, 11) is 0. The molecule has 0 radical (unpaired) electrons. The van der Waals surface area contributed by atoms with Gasteiger partial charge in [0.15, 0.2) is 0 Å². The van der Waals surface area contributed by atoms with Crippen molar-refractivity contribution in [2.24, 2.45) is 0 Å². The van der Waals surface area contributed by atoms with Crippen molar-refractivity contribution in [3.8, 4) is 29.0 Å². The Hall–Kier alpha value is -4.90. The molecule has 0 saturated heterocycles. The molecule has 182 valence electrons. The van der Waals surface area contributed by atoms with Gasteiger partial charge in [-0.15, -0.1) is 5.92 Å². The number of aromatic nitrogens is 1. The second-order valence-electron chi connectivity index (χ2n) is 7.81. The number of amides is 1. The van der Waals surface area contributed by atoms with E-state index in [0.29, 0.717) is 11.4 Å². The zero-order valence-electron chi connectivity index (χ0n) is 19.5. The topological polar surface area (TPSA) is 110 Å². The van der Waals surface area contributed by atoms with Gasteiger partial charge in [-0.2, -0.15) is 0 Å². The monoisotopic (exact) mass is 484 g/mol. The van der Waals surface area contributed by atoms with Crippen molar-refractivity contribution in [1.82, 2.24) is 9.88 Å². The summed E-state index contributed by atoms with van der Waals surface area (Å²) in [6, 6.07) is 19.3. The minimum Gasteiger partial charge on any atom is -0.507 e. The quantitative estimate of drug-likeness (QED) is 0.247. The zero-order valence-corrected chi connectivity index (χ0v) is 19.5. The van der Waals surface area contributed by atoms with Crippen LogP contribution in [0.3, 0.4) is 0 Å². The van der Waals surface area contributed by atoms with Crippen molar-refractivity contribution in [1.29, 1.82) is 0 Å². The summed E-state index contributed by atoms with van der Waals surface area (Å²) in [6.07, 6.45) is 1.30. The number of aromatic carboxylic acids is 1. The number of rotatable bonds is 8. The lowest BCUT2D eigenvalue weighted by molar-refractivity contribution is 0.0693. The standard InChI is InChI=1S/C28H24N2O6/c1-2-6-20-17-30(21-9-11-24(27(32)33)26(31)15-21)25-16-22(10-12-23(20)25)35-14-13-29-28(34)36-18-19-7-4-3-5-8-19/h3-5,7-12,15-17,31H,13-14,18H2,1H3,(H,29,34)(H,32,33). The molecule has 3 N–H and O–H groups in total. The van der Waals surface area contributed by atoms with Gasteiger partial charge in [0.05, 0.1) is 17.6 Å². The molecule has 4 aromatic rings. The van der Waals surface area contributed by atoms with Crippen LogP contribution in [0.5, 0.6) is 11.5 Å². The second kappa shape index (κ2) is 11.0. The smallest absolute Gasteiger partial charge is 0.407 e. The Labute approximate surface area is 207 Å². The van der Waals surface area contributed by atoms with Crippen molar-refractivity contribution in [2.45, 2.75) is 13.5 Å². The Balaban J connectivity index is 1.45. The molecular formula is C28H24N2O6. The minimum atomic E-state index is -1.21. The first kappa shape index (κ1) is 24.2. The fourth-order valence-corrected chi connectivity index (χ4v) is 3.69. The Morgan fingerprint density at radius 2 is 1.86 bits per heavy atom. The predicted molar refractivity (Wildman–Crippen MR) is 135 cm³/mol. The number of nitrogens with one attached hydrogen (secondary N) is 1. The third kappa shape index (κ3) is 5.59. The largest absolute Gasteiger partial charge is 0.507 e. The maximum Gasteiger partial charge on any atom is 0.407 e. The van der Waals surface area contributed by atoms with E-state index < -0.39 is 12.1 Å². The van der Waals surface area contributed by atoms with Gasteiger partial charge in [0, 0.05) is 29.4 Å². The lowest BCUT2D eigenvalue weighted by atomic mass is 10.1. The normalized spacial score (nSPS) is 10.4. The van der Waals surface area contributed by atoms with Crippen LogP contribution in [0.15, 0.2) is 72.9 Å². The highest BCUT2D eigenvalue weighted by molar-refractivity contribution is 5.92. The van der Waals surface area contributed by atoms with Gasteiger partial charge in [-0.25, -0.2) is 9.59 Å². The molecule has 4 rings (SSSR count). The van der Waals surface area contributed by atoms with Crippen LogP contribution in [0.2, 0.25) is 0 Å². The third-order valence-electron chi connectivity index (χ3n) is 5.38. The minimum absolute atomic E-state index is 0.178. The summed E-state index contributed by atoms with van der Waals surface area (Å²) in [5.74, 6) is 4.99. The average Bonchev–Trinajstić information content (AvgIpc) is 3.23. The molecule has 0 atom stereocenters. The summed E-state index contributed by atoms with van der Waals surface area (Å²) in [5.41, 5.74) is 2.85. The molecule has 0 saturated carbocycles. The molecule has 0 spiro atoms. The van der Waals surface area contributed by atoms with E-state index in [1.54, 1.807) is 13.0 Å². The Morgan fingerprint density at radius 3 is 2.58 bits per heavy atom. The van der Waals surface area contributed by atoms with Gasteiger partial charge in [-0.1, -0.05) is 36.3 Å². The van der Waals surface area contributed by atoms with E-state index >= 15 is 0 Å². The van der Waals surface area contributed by atoms with Crippen molar-refractivity contribution < 1.29 is 29.3 Å². The van der Waals surface area contributed by atoms with Crippen LogP contribution in [-0.4, -0.2) is 40.0 Å². The summed E-state index contributed by atoms with van der Waals surface area (Å²) in [4.78, 5) is 23.1. The van der Waals surface area contributed by atoms with Gasteiger partial charge >= 0.3 is 12.1 Å². The molecule has 0 aliphatic carbocycles. The SMILES string of the molecule is CC#Cc1cn(-c2ccc(C(=O)O)c(O)c2)c2cc(OCCNC(=O)OCc3ccccc3)ccc12. The number of carbonyl (C=O) groups is 2. The highest BCUT2D eigenvalue weighted by atomic mass is 16.5. The zero-order chi connectivity index (χ0) is 25.5. The third-order valence-corrected chi connectivity index (χ3v) is 5.38. The van der Waals surface area contributed by atoms with Crippen molar-refractivity contribution >= 4 is 23.0 Å². The molecule has 0 aliphatic heterocycles. The van der Waals surface area contributed by atoms with E-state index in [4.69, 9.17) is 9.47 Å². The highest BCUT2D eigenvalue weighted by Crippen LogP contribution is 2.30. The van der Waals surface area contributed by atoms with Crippen LogP contribution in [0.1, 0.15) is 28.4 Å². The Morgan fingerprint density at radius 1 is 1.06 bits per heavy atom.